The lowest BCUT2D eigenvalue weighted by Gasteiger charge is -2.38. The number of fused-ring (bicyclic) bond motifs is 1. The largest absolute Gasteiger partial charge is 0.458 e. The Balaban J connectivity index is 1.27. The molecule has 37 heavy (non-hydrogen) atoms. The van der Waals surface area contributed by atoms with Gasteiger partial charge in [0.05, 0.1) is 30.5 Å². The number of ether oxygens (including phenoxy) is 3. The average Bonchev–Trinajstić information content (AvgIpc) is 3.51. The Bertz CT molecular complexity index is 1260. The van der Waals surface area contributed by atoms with Gasteiger partial charge in [0.15, 0.2) is 0 Å². The third kappa shape index (κ3) is 4.50. The maximum atomic E-state index is 13.9. The van der Waals surface area contributed by atoms with Crippen molar-refractivity contribution in [2.24, 2.45) is 23.7 Å². The first-order valence-electron chi connectivity index (χ1n) is 12.5. The molecule has 0 spiro atoms. The minimum absolute atomic E-state index is 0.129. The van der Waals surface area contributed by atoms with E-state index in [4.69, 9.17) is 14.2 Å². The van der Waals surface area contributed by atoms with Gasteiger partial charge in [0, 0.05) is 35.4 Å². The number of piperidine rings is 1. The van der Waals surface area contributed by atoms with E-state index < -0.39 is 35.6 Å². The Hall–Kier alpha value is -1.000. The number of carbonyl (C=O) groups excluding carboxylic acids is 3. The fourth-order valence-corrected chi connectivity index (χ4v) is 9.13. The van der Waals surface area contributed by atoms with Crippen molar-refractivity contribution in [3.63, 3.8) is 0 Å². The van der Waals surface area contributed by atoms with Gasteiger partial charge in [0.2, 0.25) is 0 Å². The van der Waals surface area contributed by atoms with Crippen LogP contribution < -0.4 is 5.32 Å². The maximum Gasteiger partial charge on any atom is 0.339 e. The zero-order valence-electron chi connectivity index (χ0n) is 19.7. The summed E-state index contributed by atoms with van der Waals surface area (Å²) >= 11 is 6.54. The highest BCUT2D eigenvalue weighted by atomic mass is 127. The van der Waals surface area contributed by atoms with Crippen LogP contribution in [0.2, 0.25) is 0 Å². The second kappa shape index (κ2) is 10.2. The summed E-state index contributed by atoms with van der Waals surface area (Å²) in [6, 6.07) is 13.7. The first kappa shape index (κ1) is 26.2. The predicted molar refractivity (Wildman–Crippen MR) is 157 cm³/mol. The summed E-state index contributed by atoms with van der Waals surface area (Å²) in [6.45, 7) is 1.72. The van der Waals surface area contributed by atoms with Crippen molar-refractivity contribution in [1.29, 1.82) is 0 Å². The fourth-order valence-electron chi connectivity index (χ4n) is 6.75. The van der Waals surface area contributed by atoms with Crippen molar-refractivity contribution >= 4 is 85.7 Å². The van der Waals surface area contributed by atoms with Gasteiger partial charge < -0.3 is 19.5 Å². The molecular weight excluding hydrogens is 815 g/mol. The minimum Gasteiger partial charge on any atom is -0.458 e. The summed E-state index contributed by atoms with van der Waals surface area (Å²) in [7, 11) is 0. The van der Waals surface area contributed by atoms with E-state index in [-0.39, 0.29) is 23.8 Å². The lowest BCUT2D eigenvalue weighted by atomic mass is 9.78. The highest BCUT2D eigenvalue weighted by Crippen LogP contribution is 2.59. The Labute approximate surface area is 255 Å². The van der Waals surface area contributed by atoms with Gasteiger partial charge >= 0.3 is 17.9 Å². The van der Waals surface area contributed by atoms with Crippen LogP contribution in [-0.2, 0) is 29.4 Å². The summed E-state index contributed by atoms with van der Waals surface area (Å²) in [5, 5.41) is 2.23. The SMILES string of the molecule is O=C(OC1C2CC3C1OC(=O)C3C2C(=O)OC1(c2ccccc2)CC[NH2+]CC1)c1cc(I)cc(I)c1I. The number of quaternary nitrogens is 1. The highest BCUT2D eigenvalue weighted by molar-refractivity contribution is 14.1. The van der Waals surface area contributed by atoms with Crippen LogP contribution in [0.15, 0.2) is 42.5 Å². The van der Waals surface area contributed by atoms with Crippen LogP contribution in [0.3, 0.4) is 0 Å². The van der Waals surface area contributed by atoms with E-state index in [1.807, 2.05) is 36.4 Å². The molecule has 0 radical (unpaired) electrons. The summed E-state index contributed by atoms with van der Waals surface area (Å²) in [6.07, 6.45) is 0.887. The number of nitrogens with two attached hydrogens (primary N) is 1. The van der Waals surface area contributed by atoms with Gasteiger partial charge in [-0.05, 0) is 91.9 Å². The molecule has 2 aromatic rings. The molecule has 6 atom stereocenters. The van der Waals surface area contributed by atoms with Crippen LogP contribution in [0.1, 0.15) is 35.2 Å². The monoisotopic (exact) mass is 840 g/mol. The van der Waals surface area contributed by atoms with Gasteiger partial charge in [-0.25, -0.2) is 4.79 Å². The number of carbonyl (C=O) groups is 3. The zero-order chi connectivity index (χ0) is 25.9. The van der Waals surface area contributed by atoms with Gasteiger partial charge in [0.1, 0.15) is 17.8 Å². The number of esters is 3. The minimum atomic E-state index is -0.712. The number of hydrogen-bond donors (Lipinski definition) is 1. The third-order valence-electron chi connectivity index (χ3n) is 8.37. The van der Waals surface area contributed by atoms with E-state index in [1.165, 1.54) is 0 Å². The van der Waals surface area contributed by atoms with Crippen LogP contribution in [0.4, 0.5) is 0 Å². The molecule has 6 rings (SSSR count). The molecule has 4 aliphatic rings. The maximum absolute atomic E-state index is 13.9. The number of benzene rings is 2. The molecule has 2 N–H and O–H groups in total. The van der Waals surface area contributed by atoms with Crippen molar-refractivity contribution < 1.29 is 33.9 Å². The molecule has 2 aliphatic carbocycles. The Kier molecular flexibility index (Phi) is 7.23. The fraction of sp³-hybridized carbons (Fsp3) is 0.444. The van der Waals surface area contributed by atoms with Gasteiger partial charge in [-0.2, -0.15) is 0 Å². The van der Waals surface area contributed by atoms with Gasteiger partial charge in [-0.1, -0.05) is 30.3 Å². The second-order valence-corrected chi connectivity index (χ2v) is 13.8. The van der Waals surface area contributed by atoms with Crippen LogP contribution in [0.25, 0.3) is 0 Å². The molecule has 7 nitrogen and oxygen atoms in total. The lowest BCUT2D eigenvalue weighted by molar-refractivity contribution is -0.668. The molecule has 4 fully saturated rings. The van der Waals surface area contributed by atoms with Crippen molar-refractivity contribution in [2.45, 2.75) is 37.1 Å². The molecule has 2 aromatic carbocycles. The summed E-state index contributed by atoms with van der Waals surface area (Å²) in [5.41, 5.74) is 0.759. The molecule has 2 bridgehead atoms. The van der Waals surface area contributed by atoms with E-state index in [0.717, 1.165) is 29.4 Å². The molecule has 0 aromatic heterocycles. The molecule has 0 amide bonds. The summed E-state index contributed by atoms with van der Waals surface area (Å²) < 4.78 is 20.9. The topological polar surface area (TPSA) is 95.5 Å². The number of halogens is 3. The Morgan fingerprint density at radius 3 is 2.49 bits per heavy atom. The van der Waals surface area contributed by atoms with E-state index in [2.05, 4.69) is 73.1 Å². The Morgan fingerprint density at radius 1 is 1.03 bits per heavy atom. The summed E-state index contributed by atoms with van der Waals surface area (Å²) in [5.74, 6) is -2.83. The molecule has 10 heteroatoms. The van der Waals surface area contributed by atoms with Crippen LogP contribution in [-0.4, -0.2) is 43.2 Å². The third-order valence-corrected chi connectivity index (χ3v) is 12.0. The van der Waals surface area contributed by atoms with E-state index >= 15 is 0 Å². The molecule has 194 valence electrons. The lowest BCUT2D eigenvalue weighted by Crippen LogP contribution is -2.87. The van der Waals surface area contributed by atoms with Crippen LogP contribution in [0.5, 0.6) is 0 Å². The zero-order valence-corrected chi connectivity index (χ0v) is 26.2. The van der Waals surface area contributed by atoms with Crippen LogP contribution in [0, 0.1) is 34.4 Å². The molecule has 2 aliphatic heterocycles. The van der Waals surface area contributed by atoms with Crippen molar-refractivity contribution in [3.8, 4) is 0 Å². The first-order chi connectivity index (χ1) is 17.8. The molecule has 2 heterocycles. The molecule has 2 saturated heterocycles. The normalized spacial score (nSPS) is 31.2. The molecule has 2 saturated carbocycles. The predicted octanol–water partition coefficient (Wildman–Crippen LogP) is 3.63. The standard InChI is InChI=1S/C27H24I3NO6/c28-14-10-17(21(30)18(29)11-14)24(32)35-22-16-12-15-19(25(33)36-23(15)22)20(16)26(34)37-27(6-8-31-9-7-27)13-4-2-1-3-5-13/h1-5,10-11,15-16,19-20,22-23,31H,6-9,12H2/p+1. The van der Waals surface area contributed by atoms with Gasteiger partial charge in [0.25, 0.3) is 0 Å². The van der Waals surface area contributed by atoms with Gasteiger partial charge in [-0.15, -0.1) is 0 Å². The van der Waals surface area contributed by atoms with E-state index in [0.29, 0.717) is 24.8 Å². The number of rotatable bonds is 5. The molecule has 6 unspecified atom stereocenters. The van der Waals surface area contributed by atoms with E-state index in [1.54, 1.807) is 6.07 Å². The second-order valence-electron chi connectivity index (χ2n) is 10.3. The highest BCUT2D eigenvalue weighted by Gasteiger charge is 2.70. The van der Waals surface area contributed by atoms with Crippen LogP contribution >= 0.6 is 67.8 Å². The first-order valence-corrected chi connectivity index (χ1v) is 15.7. The van der Waals surface area contributed by atoms with Gasteiger partial charge in [-0.3, -0.25) is 9.59 Å². The average molecular weight is 840 g/mol. The smallest absolute Gasteiger partial charge is 0.339 e. The molecular formula is C27H25I3NO6+. The quantitative estimate of drug-likeness (QED) is 0.214. The Morgan fingerprint density at radius 2 is 1.76 bits per heavy atom. The summed E-state index contributed by atoms with van der Waals surface area (Å²) in [4.78, 5) is 40.1. The number of hydrogen-bond acceptors (Lipinski definition) is 6. The van der Waals surface area contributed by atoms with Crippen molar-refractivity contribution in [2.75, 3.05) is 13.1 Å². The van der Waals surface area contributed by atoms with Crippen molar-refractivity contribution in [3.05, 3.63) is 64.3 Å². The van der Waals surface area contributed by atoms with E-state index in [9.17, 15) is 14.4 Å². The van der Waals surface area contributed by atoms with Crippen molar-refractivity contribution in [1.82, 2.24) is 0 Å².